The topological polar surface area (TPSA) is 65.5 Å². The first-order valence-corrected chi connectivity index (χ1v) is 5.58. The molecule has 0 unspecified atom stereocenters. The molecule has 0 bridgehead atoms. The number of nitrogens with zero attached hydrogens (tertiary/aromatic N) is 2. The van der Waals surface area contributed by atoms with Gasteiger partial charge in [0.15, 0.2) is 11.6 Å². The minimum absolute atomic E-state index is 0.0215. The number of carbonyl (C=O) groups is 1. The molecule has 92 valence electrons. The van der Waals surface area contributed by atoms with Crippen LogP contribution in [0.15, 0.2) is 12.3 Å². The van der Waals surface area contributed by atoms with Crippen LogP contribution in [0.5, 0.6) is 0 Å². The van der Waals surface area contributed by atoms with Crippen molar-refractivity contribution in [1.29, 1.82) is 0 Å². The van der Waals surface area contributed by atoms with Crippen molar-refractivity contribution in [3.05, 3.63) is 23.6 Å². The monoisotopic (exact) mass is 239 g/mol. The van der Waals surface area contributed by atoms with Crippen LogP contribution in [0.3, 0.4) is 0 Å². The lowest BCUT2D eigenvalue weighted by atomic mass is 10.2. The number of pyridine rings is 1. The summed E-state index contributed by atoms with van der Waals surface area (Å²) >= 11 is 0. The number of anilines is 1. The first-order valence-electron chi connectivity index (χ1n) is 5.58. The van der Waals surface area contributed by atoms with Crippen LogP contribution >= 0.6 is 0 Å². The number of aromatic carboxylic acids is 1. The predicted molar refractivity (Wildman–Crippen MR) is 60.2 cm³/mol. The van der Waals surface area contributed by atoms with E-state index in [1.165, 1.54) is 12.6 Å². The number of carboxylic acids is 1. The van der Waals surface area contributed by atoms with Gasteiger partial charge < -0.3 is 10.5 Å². The molecule has 0 amide bonds. The van der Waals surface area contributed by atoms with Gasteiger partial charge in [-0.3, -0.25) is 0 Å². The molecule has 1 fully saturated rings. The molecular formula is C11H14FN3O2. The molecule has 17 heavy (non-hydrogen) atoms. The number of carboxylic acid groups (broad SMARTS) is 1. The standard InChI is InChI=1S/C11H14FN3O2/c12-9-8(11(16)17)4-5-13-10(9)14-15-6-2-1-3-7-15/h4-5H,1-3,6-7H2,(H,13,14)(H,16,17). The number of piperidine rings is 1. The Balaban J connectivity index is 2.15. The van der Waals surface area contributed by atoms with Crippen LogP contribution in [-0.4, -0.2) is 34.2 Å². The van der Waals surface area contributed by atoms with Crippen molar-refractivity contribution in [2.75, 3.05) is 18.5 Å². The van der Waals surface area contributed by atoms with E-state index < -0.39 is 11.8 Å². The molecule has 5 nitrogen and oxygen atoms in total. The minimum atomic E-state index is -1.29. The molecule has 0 saturated carbocycles. The molecule has 0 radical (unpaired) electrons. The summed E-state index contributed by atoms with van der Waals surface area (Å²) < 4.78 is 13.7. The van der Waals surface area contributed by atoms with E-state index in [4.69, 9.17) is 5.11 Å². The highest BCUT2D eigenvalue weighted by Crippen LogP contribution is 2.17. The molecule has 1 saturated heterocycles. The molecule has 2 heterocycles. The molecule has 0 spiro atoms. The zero-order valence-electron chi connectivity index (χ0n) is 9.32. The average molecular weight is 239 g/mol. The summed E-state index contributed by atoms with van der Waals surface area (Å²) in [5.41, 5.74) is 2.47. The predicted octanol–water partition coefficient (Wildman–Crippen LogP) is 1.73. The summed E-state index contributed by atoms with van der Waals surface area (Å²) in [5, 5.41) is 10.6. The highest BCUT2D eigenvalue weighted by molar-refractivity contribution is 5.88. The van der Waals surface area contributed by atoms with Gasteiger partial charge in [0.25, 0.3) is 0 Å². The van der Waals surface area contributed by atoms with Crippen LogP contribution in [0.2, 0.25) is 0 Å². The Morgan fingerprint density at radius 2 is 2.12 bits per heavy atom. The molecule has 1 aromatic rings. The maximum atomic E-state index is 13.7. The third-order valence-corrected chi connectivity index (χ3v) is 2.74. The summed E-state index contributed by atoms with van der Waals surface area (Å²) in [6.45, 7) is 1.64. The SMILES string of the molecule is O=C(O)c1ccnc(NN2CCCCC2)c1F. The van der Waals surface area contributed by atoms with Crippen LogP contribution in [0.1, 0.15) is 29.6 Å². The third kappa shape index (κ3) is 2.71. The summed E-state index contributed by atoms with van der Waals surface area (Å²) in [7, 11) is 0. The maximum absolute atomic E-state index is 13.7. The molecular weight excluding hydrogens is 225 g/mol. The fourth-order valence-electron chi connectivity index (χ4n) is 1.84. The van der Waals surface area contributed by atoms with Crippen LogP contribution in [0, 0.1) is 5.82 Å². The Labute approximate surface area is 98.2 Å². The second-order valence-electron chi connectivity index (χ2n) is 3.99. The normalized spacial score (nSPS) is 16.8. The molecule has 1 aliphatic heterocycles. The summed E-state index contributed by atoms with van der Waals surface area (Å²) in [6, 6.07) is 1.15. The van der Waals surface area contributed by atoms with E-state index in [0.717, 1.165) is 32.0 Å². The smallest absolute Gasteiger partial charge is 0.338 e. The van der Waals surface area contributed by atoms with Crippen molar-refractivity contribution in [3.63, 3.8) is 0 Å². The van der Waals surface area contributed by atoms with Crippen molar-refractivity contribution in [3.8, 4) is 0 Å². The van der Waals surface area contributed by atoms with Gasteiger partial charge >= 0.3 is 5.97 Å². The van der Waals surface area contributed by atoms with Crippen LogP contribution in [-0.2, 0) is 0 Å². The van der Waals surface area contributed by atoms with Gasteiger partial charge in [-0.1, -0.05) is 6.42 Å². The van der Waals surface area contributed by atoms with Crippen molar-refractivity contribution in [2.24, 2.45) is 0 Å². The lowest BCUT2D eigenvalue weighted by Crippen LogP contribution is -2.35. The number of rotatable bonds is 3. The number of nitrogens with one attached hydrogen (secondary N) is 1. The van der Waals surface area contributed by atoms with Crippen molar-refractivity contribution in [2.45, 2.75) is 19.3 Å². The minimum Gasteiger partial charge on any atom is -0.478 e. The summed E-state index contributed by atoms with van der Waals surface area (Å²) in [5.74, 6) is -2.12. The fraction of sp³-hybridized carbons (Fsp3) is 0.455. The van der Waals surface area contributed by atoms with Gasteiger partial charge in [-0.05, 0) is 18.9 Å². The number of hydrazine groups is 1. The first kappa shape index (κ1) is 11.8. The molecule has 0 aliphatic carbocycles. The van der Waals surface area contributed by atoms with E-state index >= 15 is 0 Å². The van der Waals surface area contributed by atoms with E-state index in [1.54, 1.807) is 0 Å². The number of hydrogen-bond acceptors (Lipinski definition) is 4. The second-order valence-corrected chi connectivity index (χ2v) is 3.99. The van der Waals surface area contributed by atoms with Crippen molar-refractivity contribution >= 4 is 11.8 Å². The largest absolute Gasteiger partial charge is 0.478 e. The van der Waals surface area contributed by atoms with Crippen molar-refractivity contribution < 1.29 is 14.3 Å². The Bertz CT molecular complexity index is 419. The Kier molecular flexibility index (Phi) is 3.53. The Hall–Kier alpha value is -1.69. The van der Waals surface area contributed by atoms with Gasteiger partial charge in [0, 0.05) is 19.3 Å². The number of aromatic nitrogens is 1. The van der Waals surface area contributed by atoms with Gasteiger partial charge in [-0.25, -0.2) is 19.2 Å². The maximum Gasteiger partial charge on any atom is 0.338 e. The average Bonchev–Trinajstić information content (AvgIpc) is 2.33. The molecule has 1 aromatic heterocycles. The molecule has 0 aromatic carbocycles. The Morgan fingerprint density at radius 3 is 2.76 bits per heavy atom. The lowest BCUT2D eigenvalue weighted by Gasteiger charge is -2.27. The Morgan fingerprint density at radius 1 is 1.41 bits per heavy atom. The van der Waals surface area contributed by atoms with Crippen LogP contribution in [0.25, 0.3) is 0 Å². The van der Waals surface area contributed by atoms with Gasteiger partial charge in [0.05, 0.1) is 0 Å². The summed E-state index contributed by atoms with van der Waals surface area (Å²) in [6.07, 6.45) is 4.56. The highest BCUT2D eigenvalue weighted by Gasteiger charge is 2.17. The zero-order valence-corrected chi connectivity index (χ0v) is 9.32. The van der Waals surface area contributed by atoms with E-state index in [0.29, 0.717) is 0 Å². The van der Waals surface area contributed by atoms with Gasteiger partial charge in [0.2, 0.25) is 0 Å². The third-order valence-electron chi connectivity index (χ3n) is 2.74. The van der Waals surface area contributed by atoms with Gasteiger partial charge in [-0.15, -0.1) is 0 Å². The fourth-order valence-corrected chi connectivity index (χ4v) is 1.84. The second kappa shape index (κ2) is 5.09. The van der Waals surface area contributed by atoms with E-state index in [9.17, 15) is 9.18 Å². The van der Waals surface area contributed by atoms with E-state index in [2.05, 4.69) is 10.4 Å². The summed E-state index contributed by atoms with van der Waals surface area (Å²) in [4.78, 5) is 14.6. The molecule has 2 N–H and O–H groups in total. The molecule has 1 aliphatic rings. The number of halogens is 1. The van der Waals surface area contributed by atoms with E-state index in [-0.39, 0.29) is 11.4 Å². The van der Waals surface area contributed by atoms with Gasteiger partial charge in [-0.2, -0.15) is 0 Å². The highest BCUT2D eigenvalue weighted by atomic mass is 19.1. The van der Waals surface area contributed by atoms with Crippen LogP contribution < -0.4 is 5.43 Å². The molecule has 2 rings (SSSR count). The van der Waals surface area contributed by atoms with Crippen molar-refractivity contribution in [1.82, 2.24) is 9.99 Å². The van der Waals surface area contributed by atoms with E-state index in [1.807, 2.05) is 5.01 Å². The molecule has 6 heteroatoms. The lowest BCUT2D eigenvalue weighted by molar-refractivity contribution is 0.0691. The van der Waals surface area contributed by atoms with Gasteiger partial charge in [0.1, 0.15) is 5.56 Å². The molecule has 0 atom stereocenters. The van der Waals surface area contributed by atoms with Crippen LogP contribution in [0.4, 0.5) is 10.2 Å². The first-order chi connectivity index (χ1) is 8.18. The number of hydrogen-bond donors (Lipinski definition) is 2. The quantitative estimate of drug-likeness (QED) is 0.841. The zero-order chi connectivity index (χ0) is 12.3.